The van der Waals surface area contributed by atoms with E-state index >= 15 is 0 Å². The number of benzene rings is 1. The fourth-order valence-corrected chi connectivity index (χ4v) is 3.40. The van der Waals surface area contributed by atoms with Crippen molar-refractivity contribution in [1.29, 1.82) is 0 Å². The van der Waals surface area contributed by atoms with Crippen LogP contribution < -0.4 is 4.74 Å². The van der Waals surface area contributed by atoms with Crippen molar-refractivity contribution in [1.82, 2.24) is 0 Å². The van der Waals surface area contributed by atoms with Gasteiger partial charge in [-0.25, -0.2) is 4.79 Å². The maximum atomic E-state index is 13.5. The van der Waals surface area contributed by atoms with E-state index in [1.54, 1.807) is 6.92 Å². The van der Waals surface area contributed by atoms with Gasteiger partial charge in [-0.3, -0.25) is 4.55 Å². The van der Waals surface area contributed by atoms with Gasteiger partial charge in [-0.05, 0) is 50.8 Å². The molecule has 160 valence electrons. The number of rotatable bonds is 6. The van der Waals surface area contributed by atoms with Crippen molar-refractivity contribution < 1.29 is 40.4 Å². The average molecular weight is 434 g/mol. The Balaban J connectivity index is 2.33. The summed E-state index contributed by atoms with van der Waals surface area (Å²) in [6, 6.07) is 2.56. The topological polar surface area (TPSA) is 89.9 Å². The summed E-state index contributed by atoms with van der Waals surface area (Å²) in [6.07, 6.45) is -1.33. The fourth-order valence-electron chi connectivity index (χ4n) is 3.10. The van der Waals surface area contributed by atoms with Crippen molar-refractivity contribution in [3.05, 3.63) is 29.3 Å². The van der Waals surface area contributed by atoms with E-state index in [-0.39, 0.29) is 5.56 Å². The minimum absolute atomic E-state index is 0.237. The predicted molar refractivity (Wildman–Crippen MR) is 98.0 cm³/mol. The Morgan fingerprint density at radius 3 is 2.45 bits per heavy atom. The van der Waals surface area contributed by atoms with Gasteiger partial charge in [-0.15, -0.1) is 5.92 Å². The van der Waals surface area contributed by atoms with E-state index in [2.05, 4.69) is 11.8 Å². The van der Waals surface area contributed by atoms with Crippen molar-refractivity contribution in [3.63, 3.8) is 0 Å². The molecule has 0 heterocycles. The largest absolute Gasteiger partial charge is 0.474 e. The molecule has 1 saturated carbocycles. The predicted octanol–water partition coefficient (Wildman–Crippen LogP) is 3.86. The zero-order valence-electron chi connectivity index (χ0n) is 15.7. The molecule has 10 heteroatoms. The Labute approximate surface area is 167 Å². The van der Waals surface area contributed by atoms with Gasteiger partial charge in [0.05, 0.1) is 11.1 Å². The molecule has 1 aliphatic carbocycles. The second-order valence-electron chi connectivity index (χ2n) is 6.66. The van der Waals surface area contributed by atoms with Crippen LogP contribution in [0.2, 0.25) is 0 Å². The molecule has 0 amide bonds. The minimum Gasteiger partial charge on any atom is -0.474 e. The van der Waals surface area contributed by atoms with Crippen LogP contribution in [0.1, 0.15) is 54.9 Å². The van der Waals surface area contributed by atoms with Gasteiger partial charge in [0.25, 0.3) is 10.1 Å². The lowest BCUT2D eigenvalue weighted by molar-refractivity contribution is -0.139. The third-order valence-electron chi connectivity index (χ3n) is 4.42. The van der Waals surface area contributed by atoms with Gasteiger partial charge in [-0.1, -0.05) is 12.3 Å². The molecule has 0 radical (unpaired) electrons. The van der Waals surface area contributed by atoms with Crippen molar-refractivity contribution in [2.75, 3.05) is 12.4 Å². The molecule has 1 N–H and O–H groups in total. The fraction of sp³-hybridized carbons (Fsp3) is 0.526. The number of esters is 1. The number of hydrogen-bond acceptors (Lipinski definition) is 5. The highest BCUT2D eigenvalue weighted by molar-refractivity contribution is 7.85. The van der Waals surface area contributed by atoms with Crippen LogP contribution in [0.3, 0.4) is 0 Å². The standard InChI is InChI=1S/C19H21F3O6S/c1-2-8-18(9-4-3-5-10-18)28-16-13-14(6-7-15(16)19(20,21)22)17(23)27-11-12-29(24,25)26/h6-7,13H,3-5,9-12H2,1H3,(H,24,25,26). The summed E-state index contributed by atoms with van der Waals surface area (Å²) < 4.78 is 80.8. The molecule has 29 heavy (non-hydrogen) atoms. The molecule has 0 atom stereocenters. The maximum absolute atomic E-state index is 13.5. The highest BCUT2D eigenvalue weighted by Crippen LogP contribution is 2.41. The van der Waals surface area contributed by atoms with Gasteiger partial charge in [0.15, 0.2) is 5.60 Å². The molecule has 1 fully saturated rings. The van der Waals surface area contributed by atoms with Crippen molar-refractivity contribution in [2.45, 2.75) is 50.8 Å². The van der Waals surface area contributed by atoms with Crippen LogP contribution in [0.5, 0.6) is 5.75 Å². The van der Waals surface area contributed by atoms with E-state index in [0.29, 0.717) is 18.9 Å². The Hall–Kier alpha value is -2.25. The van der Waals surface area contributed by atoms with Gasteiger partial charge in [0.2, 0.25) is 0 Å². The van der Waals surface area contributed by atoms with Crippen molar-refractivity contribution >= 4 is 16.1 Å². The number of halogens is 3. The Morgan fingerprint density at radius 1 is 1.24 bits per heavy atom. The van der Waals surface area contributed by atoms with E-state index < -0.39 is 51.5 Å². The van der Waals surface area contributed by atoms with E-state index in [4.69, 9.17) is 14.0 Å². The maximum Gasteiger partial charge on any atom is 0.419 e. The number of carbonyl (C=O) groups is 1. The average Bonchev–Trinajstić information content (AvgIpc) is 2.60. The lowest BCUT2D eigenvalue weighted by Crippen LogP contribution is -2.37. The molecule has 1 aromatic carbocycles. The second kappa shape index (κ2) is 9.05. The number of alkyl halides is 3. The number of carbonyl (C=O) groups excluding carboxylic acids is 1. The lowest BCUT2D eigenvalue weighted by Gasteiger charge is -2.34. The number of ether oxygens (including phenoxy) is 2. The molecule has 0 aromatic heterocycles. The first-order chi connectivity index (χ1) is 13.5. The second-order valence-corrected chi connectivity index (χ2v) is 8.23. The first-order valence-corrected chi connectivity index (χ1v) is 10.5. The van der Waals surface area contributed by atoms with Crippen LogP contribution in [-0.4, -0.2) is 36.9 Å². The zero-order valence-corrected chi connectivity index (χ0v) is 16.5. The van der Waals surface area contributed by atoms with Crippen LogP contribution >= 0.6 is 0 Å². The monoisotopic (exact) mass is 434 g/mol. The molecule has 0 bridgehead atoms. The molecule has 0 unspecified atom stereocenters. The van der Waals surface area contributed by atoms with Gasteiger partial charge >= 0.3 is 12.1 Å². The molecule has 0 spiro atoms. The van der Waals surface area contributed by atoms with Gasteiger partial charge < -0.3 is 9.47 Å². The summed E-state index contributed by atoms with van der Waals surface area (Å²) in [5, 5.41) is 0. The summed E-state index contributed by atoms with van der Waals surface area (Å²) in [7, 11) is -4.34. The molecule has 0 aliphatic heterocycles. The molecule has 6 nitrogen and oxygen atoms in total. The van der Waals surface area contributed by atoms with E-state index in [1.807, 2.05) is 0 Å². The summed E-state index contributed by atoms with van der Waals surface area (Å²) in [6.45, 7) is 0.938. The van der Waals surface area contributed by atoms with Crippen LogP contribution in [-0.2, 0) is 21.0 Å². The minimum atomic E-state index is -4.71. The van der Waals surface area contributed by atoms with E-state index in [1.165, 1.54) is 0 Å². The SMILES string of the molecule is CC#CC1(Oc2cc(C(=O)OCCS(=O)(=O)O)ccc2C(F)(F)F)CCCCC1. The molecule has 1 aliphatic rings. The Kier molecular flexibility index (Phi) is 7.19. The zero-order chi connectivity index (χ0) is 21.7. The highest BCUT2D eigenvalue weighted by atomic mass is 32.2. The van der Waals surface area contributed by atoms with Crippen molar-refractivity contribution in [2.24, 2.45) is 0 Å². The molecular weight excluding hydrogens is 413 g/mol. The van der Waals surface area contributed by atoms with Crippen molar-refractivity contribution in [3.8, 4) is 17.6 Å². The first-order valence-electron chi connectivity index (χ1n) is 8.92. The van der Waals surface area contributed by atoms with Gasteiger partial charge in [-0.2, -0.15) is 21.6 Å². The summed E-state index contributed by atoms with van der Waals surface area (Å²) >= 11 is 0. The first kappa shape index (κ1) is 23.0. The van der Waals surface area contributed by atoms with Crippen LogP contribution in [0.4, 0.5) is 13.2 Å². The lowest BCUT2D eigenvalue weighted by atomic mass is 9.85. The normalized spacial score (nSPS) is 16.4. The smallest absolute Gasteiger partial charge is 0.419 e. The number of hydrogen-bond donors (Lipinski definition) is 1. The third-order valence-corrected chi connectivity index (χ3v) is 5.10. The van der Waals surface area contributed by atoms with Crippen LogP contribution in [0, 0.1) is 11.8 Å². The molecular formula is C19H21F3O6S. The van der Waals surface area contributed by atoms with Crippen LogP contribution in [0.25, 0.3) is 0 Å². The molecule has 1 aromatic rings. The Bertz CT molecular complexity index is 906. The molecule has 2 rings (SSSR count). The highest BCUT2D eigenvalue weighted by Gasteiger charge is 2.39. The summed E-state index contributed by atoms with van der Waals surface area (Å²) in [5.41, 5.74) is -2.35. The van der Waals surface area contributed by atoms with Gasteiger partial charge in [0, 0.05) is 0 Å². The summed E-state index contributed by atoms with van der Waals surface area (Å²) in [5.74, 6) is 3.19. The Morgan fingerprint density at radius 2 is 1.90 bits per heavy atom. The molecule has 0 saturated heterocycles. The van der Waals surface area contributed by atoms with Crippen LogP contribution in [0.15, 0.2) is 18.2 Å². The van der Waals surface area contributed by atoms with E-state index in [9.17, 15) is 26.4 Å². The quantitative estimate of drug-likeness (QED) is 0.416. The third kappa shape index (κ3) is 6.65. The summed E-state index contributed by atoms with van der Waals surface area (Å²) in [4.78, 5) is 12.1. The van der Waals surface area contributed by atoms with Gasteiger partial charge in [0.1, 0.15) is 18.1 Å². The van der Waals surface area contributed by atoms with E-state index in [0.717, 1.165) is 31.4 Å².